The maximum absolute atomic E-state index is 12.1. The van der Waals surface area contributed by atoms with Crippen LogP contribution in [0.25, 0.3) is 31.8 Å². The van der Waals surface area contributed by atoms with Gasteiger partial charge >= 0.3 is 6.03 Å². The van der Waals surface area contributed by atoms with Crippen molar-refractivity contribution in [1.29, 1.82) is 5.26 Å². The molecule has 35 heavy (non-hydrogen) atoms. The predicted octanol–water partition coefficient (Wildman–Crippen LogP) is 4.64. The number of aromatic nitrogens is 2. The molecule has 5 rings (SSSR count). The van der Waals surface area contributed by atoms with Crippen LogP contribution in [0.4, 0.5) is 10.7 Å². The van der Waals surface area contributed by atoms with Crippen LogP contribution in [0.15, 0.2) is 60.8 Å². The molecule has 2 N–H and O–H groups in total. The van der Waals surface area contributed by atoms with Crippen LogP contribution < -0.4 is 10.6 Å². The molecule has 1 fully saturated rings. The van der Waals surface area contributed by atoms with Gasteiger partial charge < -0.3 is 10.2 Å². The van der Waals surface area contributed by atoms with E-state index in [0.717, 1.165) is 31.8 Å². The van der Waals surface area contributed by atoms with E-state index in [1.54, 1.807) is 37.4 Å². The molecule has 1 saturated heterocycles. The van der Waals surface area contributed by atoms with E-state index in [1.165, 1.54) is 4.90 Å². The summed E-state index contributed by atoms with van der Waals surface area (Å²) < 4.78 is 1.15. The van der Waals surface area contributed by atoms with Gasteiger partial charge in [-0.1, -0.05) is 30.3 Å². The zero-order valence-electron chi connectivity index (χ0n) is 19.2. The maximum Gasteiger partial charge on any atom is 0.325 e. The molecule has 1 aliphatic rings. The van der Waals surface area contributed by atoms with Gasteiger partial charge in [0.25, 0.3) is 5.91 Å². The van der Waals surface area contributed by atoms with E-state index in [1.807, 2.05) is 30.3 Å². The summed E-state index contributed by atoms with van der Waals surface area (Å²) in [7, 11) is 0. The third-order valence-electron chi connectivity index (χ3n) is 6.06. The first-order valence-corrected chi connectivity index (χ1v) is 11.9. The van der Waals surface area contributed by atoms with E-state index in [4.69, 9.17) is 4.98 Å². The van der Waals surface area contributed by atoms with Crippen LogP contribution in [0.3, 0.4) is 0 Å². The number of nitrogens with zero attached hydrogens (tertiary/aromatic N) is 4. The Kier molecular flexibility index (Phi) is 5.67. The van der Waals surface area contributed by atoms with Crippen molar-refractivity contribution in [2.45, 2.75) is 19.4 Å². The average molecular weight is 483 g/mol. The first-order valence-electron chi connectivity index (χ1n) is 11.1. The Bertz CT molecular complexity index is 1470. The second kappa shape index (κ2) is 8.81. The highest BCUT2D eigenvalue weighted by atomic mass is 32.1. The number of amides is 3. The normalized spacial score (nSPS) is 14.7. The van der Waals surface area contributed by atoms with E-state index in [0.29, 0.717) is 24.6 Å². The van der Waals surface area contributed by atoms with Crippen molar-refractivity contribution in [3.05, 3.63) is 66.4 Å². The van der Waals surface area contributed by atoms with Gasteiger partial charge in [-0.25, -0.2) is 14.8 Å². The molecule has 174 valence electrons. The molecule has 0 bridgehead atoms. The first kappa shape index (κ1) is 22.5. The molecule has 3 amide bonds. The lowest BCUT2D eigenvalue weighted by Crippen LogP contribution is -2.46. The highest BCUT2D eigenvalue weighted by Gasteiger charge is 2.45. The minimum absolute atomic E-state index is 0.310. The topological polar surface area (TPSA) is 111 Å². The largest absolute Gasteiger partial charge is 0.352 e. The fraction of sp³-hybridized carbons (Fsp3) is 0.192. The number of urea groups is 1. The van der Waals surface area contributed by atoms with Gasteiger partial charge in [-0.15, -0.1) is 11.3 Å². The number of carbonyl (C=O) groups excluding carboxylic acids is 2. The summed E-state index contributed by atoms with van der Waals surface area (Å²) in [6.07, 6.45) is 1.75. The summed E-state index contributed by atoms with van der Waals surface area (Å²) in [6, 6.07) is 19.4. The fourth-order valence-corrected chi connectivity index (χ4v) is 5.14. The molecule has 2 aromatic heterocycles. The number of hydrogen-bond donors (Lipinski definition) is 2. The summed E-state index contributed by atoms with van der Waals surface area (Å²) >= 11 is 1.64. The lowest BCUT2D eigenvalue weighted by molar-refractivity contribution is -0.125. The summed E-state index contributed by atoms with van der Waals surface area (Å²) in [5.41, 5.74) is 2.10. The molecule has 3 heterocycles. The lowest BCUT2D eigenvalue weighted by atomic mass is 10.0. The van der Waals surface area contributed by atoms with Gasteiger partial charge in [0, 0.05) is 29.5 Å². The van der Waals surface area contributed by atoms with Crippen molar-refractivity contribution < 1.29 is 9.59 Å². The van der Waals surface area contributed by atoms with Crippen LogP contribution in [-0.2, 0) is 4.79 Å². The van der Waals surface area contributed by atoms with Gasteiger partial charge in [-0.05, 0) is 49.1 Å². The van der Waals surface area contributed by atoms with Crippen molar-refractivity contribution >= 4 is 39.3 Å². The zero-order valence-corrected chi connectivity index (χ0v) is 20.0. The summed E-state index contributed by atoms with van der Waals surface area (Å²) in [5, 5.41) is 16.0. The number of nitriles is 1. The quantitative estimate of drug-likeness (QED) is 0.387. The van der Waals surface area contributed by atoms with Gasteiger partial charge in [0.15, 0.2) is 0 Å². The van der Waals surface area contributed by atoms with E-state index in [2.05, 4.69) is 39.9 Å². The smallest absolute Gasteiger partial charge is 0.325 e. The Balaban J connectivity index is 1.47. The Labute approximate surface area is 206 Å². The molecule has 9 heteroatoms. The maximum atomic E-state index is 12.1. The molecule has 0 unspecified atom stereocenters. The fourth-order valence-electron chi connectivity index (χ4n) is 4.08. The minimum Gasteiger partial charge on any atom is -0.352 e. The standard InChI is InChI=1S/C26H22N6O2S/c1-26(2)23(33)31-25(34)32(26)11-10-28-24-29-15-19(17-8-5-6-16(12-17)14-27)22(30-24)21-13-18-7-3-4-9-20(18)35-21/h3-9,12-13,15H,10-11H2,1-2H3,(H,28,29,30)(H,31,33,34). The number of nitrogens with one attached hydrogen (secondary N) is 2. The predicted molar refractivity (Wildman–Crippen MR) is 136 cm³/mol. The Morgan fingerprint density at radius 3 is 2.71 bits per heavy atom. The molecule has 0 spiro atoms. The van der Waals surface area contributed by atoms with Gasteiger partial charge in [-0.2, -0.15) is 5.26 Å². The average Bonchev–Trinajstić information content (AvgIpc) is 3.38. The number of carbonyl (C=O) groups is 2. The second-order valence-electron chi connectivity index (χ2n) is 8.69. The SMILES string of the molecule is CC1(C)C(=O)NC(=O)N1CCNc1ncc(-c2cccc(C#N)c2)c(-c2cc3ccccc3s2)n1. The van der Waals surface area contributed by atoms with Crippen molar-refractivity contribution in [1.82, 2.24) is 20.2 Å². The van der Waals surface area contributed by atoms with Crippen molar-refractivity contribution in [3.63, 3.8) is 0 Å². The lowest BCUT2D eigenvalue weighted by Gasteiger charge is -2.27. The van der Waals surface area contributed by atoms with Crippen LogP contribution in [0.5, 0.6) is 0 Å². The highest BCUT2D eigenvalue weighted by molar-refractivity contribution is 7.22. The molecule has 8 nitrogen and oxygen atoms in total. The van der Waals surface area contributed by atoms with Gasteiger partial charge in [0.05, 0.1) is 22.2 Å². The molecular weight excluding hydrogens is 460 g/mol. The molecule has 1 aliphatic heterocycles. The van der Waals surface area contributed by atoms with Gasteiger partial charge in [0.2, 0.25) is 5.95 Å². The van der Waals surface area contributed by atoms with Crippen LogP contribution in [0, 0.1) is 11.3 Å². The van der Waals surface area contributed by atoms with Crippen molar-refractivity contribution in [3.8, 4) is 27.8 Å². The summed E-state index contributed by atoms with van der Waals surface area (Å²) in [4.78, 5) is 35.9. The third-order valence-corrected chi connectivity index (χ3v) is 7.19. The van der Waals surface area contributed by atoms with Crippen LogP contribution >= 0.6 is 11.3 Å². The van der Waals surface area contributed by atoms with Crippen LogP contribution in [-0.4, -0.2) is 45.4 Å². The monoisotopic (exact) mass is 482 g/mol. The van der Waals surface area contributed by atoms with Crippen molar-refractivity contribution in [2.75, 3.05) is 18.4 Å². The molecule has 0 saturated carbocycles. The van der Waals surface area contributed by atoms with E-state index >= 15 is 0 Å². The number of hydrogen-bond acceptors (Lipinski definition) is 7. The number of benzene rings is 2. The van der Waals surface area contributed by atoms with E-state index in [-0.39, 0.29) is 5.91 Å². The molecule has 0 aliphatic carbocycles. The van der Waals surface area contributed by atoms with E-state index < -0.39 is 11.6 Å². The molecule has 2 aromatic carbocycles. The Hall–Kier alpha value is -4.29. The van der Waals surface area contributed by atoms with Crippen LogP contribution in [0.2, 0.25) is 0 Å². The third kappa shape index (κ3) is 4.20. The van der Waals surface area contributed by atoms with Crippen LogP contribution in [0.1, 0.15) is 19.4 Å². The molecule has 0 atom stereocenters. The zero-order chi connectivity index (χ0) is 24.6. The number of rotatable bonds is 6. The number of fused-ring (bicyclic) bond motifs is 1. The Morgan fingerprint density at radius 1 is 1.14 bits per heavy atom. The molecule has 0 radical (unpaired) electrons. The van der Waals surface area contributed by atoms with Crippen molar-refractivity contribution in [2.24, 2.45) is 0 Å². The van der Waals surface area contributed by atoms with Gasteiger partial charge in [-0.3, -0.25) is 10.1 Å². The molecular formula is C26H22N6O2S. The summed E-state index contributed by atoms with van der Waals surface area (Å²) in [5.74, 6) is 0.108. The highest BCUT2D eigenvalue weighted by Crippen LogP contribution is 2.38. The molecule has 4 aromatic rings. The number of thiophene rings is 1. The number of imide groups is 1. The Morgan fingerprint density at radius 2 is 1.97 bits per heavy atom. The van der Waals surface area contributed by atoms with Gasteiger partial charge in [0.1, 0.15) is 5.54 Å². The minimum atomic E-state index is -0.905. The van der Waals surface area contributed by atoms with E-state index in [9.17, 15) is 14.9 Å². The second-order valence-corrected chi connectivity index (χ2v) is 9.78. The number of anilines is 1. The first-order chi connectivity index (χ1) is 16.9. The summed E-state index contributed by atoms with van der Waals surface area (Å²) in [6.45, 7) is 4.12.